The first-order valence-corrected chi connectivity index (χ1v) is 5.68. The van der Waals surface area contributed by atoms with Crippen molar-refractivity contribution in [2.45, 2.75) is 24.5 Å². The van der Waals surface area contributed by atoms with Crippen molar-refractivity contribution in [1.29, 1.82) is 0 Å². The number of ether oxygens (including phenoxy) is 2. The molecule has 0 bridgehead atoms. The van der Waals surface area contributed by atoms with Gasteiger partial charge in [-0.15, -0.1) is 0 Å². The molecule has 1 aromatic rings. The lowest BCUT2D eigenvalue weighted by Gasteiger charge is -2.26. The molecule has 0 saturated carbocycles. The molecule has 17 heavy (non-hydrogen) atoms. The van der Waals surface area contributed by atoms with E-state index in [1.54, 1.807) is 12.2 Å². The molecule has 2 N–H and O–H groups in total. The van der Waals surface area contributed by atoms with Crippen LogP contribution in [0, 0.1) is 0 Å². The zero-order valence-corrected chi connectivity index (χ0v) is 9.24. The molecule has 3 rings (SSSR count). The zero-order chi connectivity index (χ0) is 11.8. The average molecular weight is 234 g/mol. The zero-order valence-electron chi connectivity index (χ0n) is 9.24. The highest BCUT2D eigenvalue weighted by molar-refractivity contribution is 5.46. The molecule has 0 unspecified atom stereocenters. The lowest BCUT2D eigenvalue weighted by molar-refractivity contribution is 0.124. The highest BCUT2D eigenvalue weighted by atomic mass is 16.7. The van der Waals surface area contributed by atoms with Crippen molar-refractivity contribution in [3.05, 3.63) is 35.9 Å². The van der Waals surface area contributed by atoms with Gasteiger partial charge in [-0.05, 0) is 24.1 Å². The van der Waals surface area contributed by atoms with E-state index in [2.05, 4.69) is 0 Å². The Balaban J connectivity index is 1.91. The Morgan fingerprint density at radius 3 is 2.76 bits per heavy atom. The van der Waals surface area contributed by atoms with Crippen LogP contribution < -0.4 is 9.47 Å². The summed E-state index contributed by atoms with van der Waals surface area (Å²) in [7, 11) is 0. The number of aliphatic hydroxyl groups excluding tert-OH is 2. The van der Waals surface area contributed by atoms with Gasteiger partial charge in [0, 0.05) is 5.92 Å². The molecule has 1 aliphatic heterocycles. The number of rotatable bonds is 1. The molecule has 90 valence electrons. The van der Waals surface area contributed by atoms with Crippen molar-refractivity contribution < 1.29 is 19.7 Å². The molecule has 0 amide bonds. The van der Waals surface area contributed by atoms with E-state index < -0.39 is 12.2 Å². The van der Waals surface area contributed by atoms with Crippen LogP contribution >= 0.6 is 0 Å². The second-order valence-electron chi connectivity index (χ2n) is 4.40. The number of aliphatic hydroxyl groups is 2. The van der Waals surface area contributed by atoms with E-state index in [1.165, 1.54) is 0 Å². The topological polar surface area (TPSA) is 58.9 Å². The average Bonchev–Trinajstić information content (AvgIpc) is 2.79. The lowest BCUT2D eigenvalue weighted by atomic mass is 9.84. The Kier molecular flexibility index (Phi) is 2.53. The SMILES string of the molecule is O[C@@H]1C=C[C@H](O)[C@@H](c2ccc3c(c2)OCO3)C1. The summed E-state index contributed by atoms with van der Waals surface area (Å²) in [6.45, 7) is 0.245. The van der Waals surface area contributed by atoms with Gasteiger partial charge in [0.05, 0.1) is 12.2 Å². The van der Waals surface area contributed by atoms with Crippen LogP contribution in [0.15, 0.2) is 30.4 Å². The Morgan fingerprint density at radius 1 is 1.06 bits per heavy atom. The Bertz CT molecular complexity index is 455. The molecule has 4 heteroatoms. The maximum absolute atomic E-state index is 9.92. The largest absolute Gasteiger partial charge is 0.454 e. The third-order valence-corrected chi connectivity index (χ3v) is 3.26. The van der Waals surface area contributed by atoms with Crippen molar-refractivity contribution in [2.75, 3.05) is 6.79 Å². The molecule has 0 fully saturated rings. The van der Waals surface area contributed by atoms with E-state index in [9.17, 15) is 10.2 Å². The standard InChI is InChI=1S/C13H14O4/c14-9-2-3-11(15)10(6-9)8-1-4-12-13(5-8)17-7-16-12/h1-5,9-11,14-15H,6-7H2/t9-,10-,11+/m1/s1. The van der Waals surface area contributed by atoms with Crippen molar-refractivity contribution in [1.82, 2.24) is 0 Å². The molecular weight excluding hydrogens is 220 g/mol. The second kappa shape index (κ2) is 4.05. The van der Waals surface area contributed by atoms with Crippen LogP contribution in [-0.4, -0.2) is 29.2 Å². The van der Waals surface area contributed by atoms with Gasteiger partial charge < -0.3 is 19.7 Å². The minimum absolute atomic E-state index is 0.0931. The monoisotopic (exact) mass is 234 g/mol. The highest BCUT2D eigenvalue weighted by Crippen LogP contribution is 2.37. The van der Waals surface area contributed by atoms with Crippen LogP contribution in [0.5, 0.6) is 11.5 Å². The molecule has 4 nitrogen and oxygen atoms in total. The van der Waals surface area contributed by atoms with E-state index in [1.807, 2.05) is 18.2 Å². The van der Waals surface area contributed by atoms with Crippen LogP contribution in [0.1, 0.15) is 17.9 Å². The first-order chi connectivity index (χ1) is 8.24. The van der Waals surface area contributed by atoms with Gasteiger partial charge in [-0.1, -0.05) is 18.2 Å². The quantitative estimate of drug-likeness (QED) is 0.716. The lowest BCUT2D eigenvalue weighted by Crippen LogP contribution is -2.25. The fourth-order valence-corrected chi connectivity index (χ4v) is 2.33. The van der Waals surface area contributed by atoms with E-state index in [0.29, 0.717) is 12.2 Å². The van der Waals surface area contributed by atoms with E-state index >= 15 is 0 Å². The van der Waals surface area contributed by atoms with Crippen molar-refractivity contribution >= 4 is 0 Å². The normalized spacial score (nSPS) is 30.6. The maximum atomic E-state index is 9.92. The summed E-state index contributed by atoms with van der Waals surface area (Å²) in [5, 5.41) is 19.5. The summed E-state index contributed by atoms with van der Waals surface area (Å²) in [5.74, 6) is 1.35. The minimum Gasteiger partial charge on any atom is -0.454 e. The maximum Gasteiger partial charge on any atom is 0.231 e. The van der Waals surface area contributed by atoms with Gasteiger partial charge in [-0.25, -0.2) is 0 Å². The predicted octanol–water partition coefficient (Wildman–Crippen LogP) is 1.18. The molecule has 1 heterocycles. The molecule has 2 aliphatic rings. The van der Waals surface area contributed by atoms with Gasteiger partial charge in [0.15, 0.2) is 11.5 Å². The fourth-order valence-electron chi connectivity index (χ4n) is 2.33. The summed E-state index contributed by atoms with van der Waals surface area (Å²) in [6.07, 6.45) is 2.75. The summed E-state index contributed by atoms with van der Waals surface area (Å²) in [5.41, 5.74) is 0.963. The highest BCUT2D eigenvalue weighted by Gasteiger charge is 2.27. The minimum atomic E-state index is -0.557. The van der Waals surface area contributed by atoms with Crippen LogP contribution in [0.3, 0.4) is 0 Å². The molecule has 0 spiro atoms. The summed E-state index contributed by atoms with van der Waals surface area (Å²) < 4.78 is 10.5. The van der Waals surface area contributed by atoms with E-state index in [-0.39, 0.29) is 12.7 Å². The van der Waals surface area contributed by atoms with Crippen molar-refractivity contribution in [3.8, 4) is 11.5 Å². The third kappa shape index (κ3) is 1.90. The number of fused-ring (bicyclic) bond motifs is 1. The number of hydrogen-bond donors (Lipinski definition) is 2. The van der Waals surface area contributed by atoms with Crippen LogP contribution in [0.25, 0.3) is 0 Å². The molecule has 1 aliphatic carbocycles. The number of hydrogen-bond acceptors (Lipinski definition) is 4. The molecule has 0 aromatic heterocycles. The Hall–Kier alpha value is -1.52. The third-order valence-electron chi connectivity index (χ3n) is 3.26. The second-order valence-corrected chi connectivity index (χ2v) is 4.40. The van der Waals surface area contributed by atoms with Gasteiger partial charge in [-0.2, -0.15) is 0 Å². The van der Waals surface area contributed by atoms with Crippen LogP contribution in [0.4, 0.5) is 0 Å². The molecule has 3 atom stereocenters. The van der Waals surface area contributed by atoms with Crippen molar-refractivity contribution in [2.24, 2.45) is 0 Å². The predicted molar refractivity (Wildman–Crippen MR) is 61.1 cm³/mol. The first kappa shape index (κ1) is 10.6. The summed E-state index contributed by atoms with van der Waals surface area (Å²) >= 11 is 0. The van der Waals surface area contributed by atoms with E-state index in [4.69, 9.17) is 9.47 Å². The number of benzene rings is 1. The van der Waals surface area contributed by atoms with Gasteiger partial charge >= 0.3 is 0 Å². The summed E-state index contributed by atoms with van der Waals surface area (Å²) in [4.78, 5) is 0. The van der Waals surface area contributed by atoms with Gasteiger partial charge in [0.1, 0.15) is 0 Å². The molecule has 0 radical (unpaired) electrons. The smallest absolute Gasteiger partial charge is 0.231 e. The summed E-state index contributed by atoms with van der Waals surface area (Å²) in [6, 6.07) is 5.63. The van der Waals surface area contributed by atoms with Crippen molar-refractivity contribution in [3.63, 3.8) is 0 Å². The first-order valence-electron chi connectivity index (χ1n) is 5.68. The Morgan fingerprint density at radius 2 is 1.88 bits per heavy atom. The Labute approximate surface area is 99.1 Å². The molecule has 0 saturated heterocycles. The van der Waals surface area contributed by atoms with Gasteiger partial charge in [-0.3, -0.25) is 0 Å². The van der Waals surface area contributed by atoms with E-state index in [0.717, 1.165) is 11.3 Å². The van der Waals surface area contributed by atoms with Crippen LogP contribution in [0.2, 0.25) is 0 Å². The van der Waals surface area contributed by atoms with Crippen LogP contribution in [-0.2, 0) is 0 Å². The van der Waals surface area contributed by atoms with Gasteiger partial charge in [0.2, 0.25) is 6.79 Å². The fraction of sp³-hybridized carbons (Fsp3) is 0.385. The molecule has 1 aromatic carbocycles. The van der Waals surface area contributed by atoms with Gasteiger partial charge in [0.25, 0.3) is 0 Å². The molecular formula is C13H14O4.